The summed E-state index contributed by atoms with van der Waals surface area (Å²) in [6.45, 7) is -0.706. The Bertz CT molecular complexity index is 320. The second-order valence-electron chi connectivity index (χ2n) is 3.15. The van der Waals surface area contributed by atoms with Crippen molar-refractivity contribution in [3.63, 3.8) is 0 Å². The smallest absolute Gasteiger partial charge is 0.381 e. The summed E-state index contributed by atoms with van der Waals surface area (Å²) in [7, 11) is 0. The topological polar surface area (TPSA) is 53.1 Å². The van der Waals surface area contributed by atoms with E-state index >= 15 is 0 Å². The maximum Gasteiger partial charge on any atom is 0.411 e. The Kier molecular flexibility index (Phi) is 4.60. The standard InChI is InChI=1S/C8H11BrF3N3O/c9-6-4-15(14-7(6)13)2-1-3-16-5-8(10,11)12/h4H,1-3,5H2,(H2,13,14). The number of halogens is 4. The molecule has 92 valence electrons. The molecule has 0 aliphatic rings. The summed E-state index contributed by atoms with van der Waals surface area (Å²) >= 11 is 3.18. The van der Waals surface area contributed by atoms with Crippen molar-refractivity contribution < 1.29 is 17.9 Å². The van der Waals surface area contributed by atoms with Crippen LogP contribution in [-0.2, 0) is 11.3 Å². The molecule has 8 heteroatoms. The van der Waals surface area contributed by atoms with Crippen molar-refractivity contribution in [2.24, 2.45) is 0 Å². The molecule has 0 fully saturated rings. The fraction of sp³-hybridized carbons (Fsp3) is 0.625. The van der Waals surface area contributed by atoms with Gasteiger partial charge >= 0.3 is 6.18 Å². The summed E-state index contributed by atoms with van der Waals surface area (Å²) in [5.74, 6) is 0.358. The van der Waals surface area contributed by atoms with Crippen LogP contribution in [0.25, 0.3) is 0 Å². The average molecular weight is 302 g/mol. The molecule has 1 aromatic heterocycles. The Morgan fingerprint density at radius 1 is 1.50 bits per heavy atom. The van der Waals surface area contributed by atoms with E-state index in [0.29, 0.717) is 23.3 Å². The molecule has 1 rings (SSSR count). The van der Waals surface area contributed by atoms with Crippen LogP contribution in [-0.4, -0.2) is 29.2 Å². The van der Waals surface area contributed by atoms with E-state index in [9.17, 15) is 13.2 Å². The molecular weight excluding hydrogens is 291 g/mol. The number of anilines is 1. The van der Waals surface area contributed by atoms with E-state index in [1.165, 1.54) is 0 Å². The maximum atomic E-state index is 11.7. The molecule has 1 heterocycles. The van der Waals surface area contributed by atoms with Gasteiger partial charge in [0.2, 0.25) is 0 Å². The van der Waals surface area contributed by atoms with Gasteiger partial charge in [-0.3, -0.25) is 4.68 Å². The molecule has 0 amide bonds. The monoisotopic (exact) mass is 301 g/mol. The normalized spacial score (nSPS) is 12.0. The minimum absolute atomic E-state index is 0.0386. The quantitative estimate of drug-likeness (QED) is 0.848. The summed E-state index contributed by atoms with van der Waals surface area (Å²) in [6.07, 6.45) is -2.15. The maximum absolute atomic E-state index is 11.7. The van der Waals surface area contributed by atoms with Gasteiger partial charge in [0.1, 0.15) is 6.61 Å². The first-order valence-electron chi connectivity index (χ1n) is 4.51. The zero-order valence-electron chi connectivity index (χ0n) is 8.30. The molecule has 0 aromatic carbocycles. The SMILES string of the molecule is Nc1nn(CCCOCC(F)(F)F)cc1Br. The molecule has 0 aliphatic carbocycles. The number of nitrogens with two attached hydrogens (primary N) is 1. The number of nitrogen functional groups attached to an aromatic ring is 1. The van der Waals surface area contributed by atoms with Crippen LogP contribution in [0.5, 0.6) is 0 Å². The van der Waals surface area contributed by atoms with Crippen LogP contribution in [0.15, 0.2) is 10.7 Å². The minimum Gasteiger partial charge on any atom is -0.381 e. The third-order valence-electron chi connectivity index (χ3n) is 1.68. The van der Waals surface area contributed by atoms with Crippen LogP contribution in [0, 0.1) is 0 Å². The Labute approximate surface area is 98.7 Å². The van der Waals surface area contributed by atoms with Gasteiger partial charge in [-0.2, -0.15) is 18.3 Å². The highest BCUT2D eigenvalue weighted by Crippen LogP contribution is 2.16. The first-order valence-corrected chi connectivity index (χ1v) is 5.31. The van der Waals surface area contributed by atoms with Crippen LogP contribution in [0.3, 0.4) is 0 Å². The van der Waals surface area contributed by atoms with Crippen molar-refractivity contribution in [2.75, 3.05) is 18.9 Å². The number of hydrogen-bond acceptors (Lipinski definition) is 3. The minimum atomic E-state index is -4.26. The molecule has 16 heavy (non-hydrogen) atoms. The Morgan fingerprint density at radius 3 is 2.69 bits per heavy atom. The first-order chi connectivity index (χ1) is 7.38. The summed E-state index contributed by atoms with van der Waals surface area (Å²) in [5, 5.41) is 3.93. The lowest BCUT2D eigenvalue weighted by atomic mass is 10.4. The van der Waals surface area contributed by atoms with Gasteiger partial charge < -0.3 is 10.5 Å². The number of alkyl halides is 3. The number of rotatable bonds is 5. The van der Waals surface area contributed by atoms with Gasteiger partial charge in [0.25, 0.3) is 0 Å². The zero-order valence-corrected chi connectivity index (χ0v) is 9.88. The largest absolute Gasteiger partial charge is 0.411 e. The molecule has 0 aliphatic heterocycles. The number of ether oxygens (including phenoxy) is 1. The summed E-state index contributed by atoms with van der Waals surface area (Å²) in [4.78, 5) is 0. The van der Waals surface area contributed by atoms with E-state index in [1.54, 1.807) is 10.9 Å². The Hall–Kier alpha value is -0.760. The molecular formula is C8H11BrF3N3O. The van der Waals surface area contributed by atoms with Crippen LogP contribution in [0.1, 0.15) is 6.42 Å². The van der Waals surface area contributed by atoms with E-state index in [4.69, 9.17) is 5.73 Å². The van der Waals surface area contributed by atoms with Crippen LogP contribution in [0.4, 0.5) is 19.0 Å². The second kappa shape index (κ2) is 5.53. The first kappa shape index (κ1) is 13.3. The van der Waals surface area contributed by atoms with Gasteiger partial charge in [-0.05, 0) is 22.4 Å². The van der Waals surface area contributed by atoms with Crippen molar-refractivity contribution >= 4 is 21.7 Å². The third-order valence-corrected chi connectivity index (χ3v) is 2.30. The molecule has 0 spiro atoms. The number of aromatic nitrogens is 2. The Morgan fingerprint density at radius 2 is 2.19 bits per heavy atom. The van der Waals surface area contributed by atoms with Gasteiger partial charge in [-0.15, -0.1) is 0 Å². The highest BCUT2D eigenvalue weighted by molar-refractivity contribution is 9.10. The molecule has 2 N–H and O–H groups in total. The third kappa shape index (κ3) is 4.84. The van der Waals surface area contributed by atoms with Crippen molar-refractivity contribution in [1.29, 1.82) is 0 Å². The van der Waals surface area contributed by atoms with Crippen LogP contribution >= 0.6 is 15.9 Å². The van der Waals surface area contributed by atoms with E-state index in [2.05, 4.69) is 25.8 Å². The number of aryl methyl sites for hydroxylation is 1. The lowest BCUT2D eigenvalue weighted by Crippen LogP contribution is -2.17. The molecule has 0 atom stereocenters. The Balaban J connectivity index is 2.16. The molecule has 0 unspecified atom stereocenters. The van der Waals surface area contributed by atoms with Crippen LogP contribution < -0.4 is 5.73 Å². The highest BCUT2D eigenvalue weighted by Gasteiger charge is 2.27. The summed E-state index contributed by atoms with van der Waals surface area (Å²) in [6, 6.07) is 0. The van der Waals surface area contributed by atoms with Gasteiger partial charge in [0.05, 0.1) is 4.47 Å². The lowest BCUT2D eigenvalue weighted by molar-refractivity contribution is -0.174. The fourth-order valence-corrected chi connectivity index (χ4v) is 1.36. The van der Waals surface area contributed by atoms with Crippen molar-refractivity contribution in [3.05, 3.63) is 10.7 Å². The molecule has 1 aromatic rings. The predicted octanol–water partition coefficient (Wildman–Crippen LogP) is 2.20. The summed E-state index contributed by atoms with van der Waals surface area (Å²) in [5.41, 5.74) is 5.47. The van der Waals surface area contributed by atoms with Crippen molar-refractivity contribution in [3.8, 4) is 0 Å². The molecule has 0 saturated carbocycles. The molecule has 0 radical (unpaired) electrons. The summed E-state index contributed by atoms with van der Waals surface area (Å²) < 4.78 is 41.8. The molecule has 0 saturated heterocycles. The highest BCUT2D eigenvalue weighted by atomic mass is 79.9. The van der Waals surface area contributed by atoms with Gasteiger partial charge in [0.15, 0.2) is 5.82 Å². The van der Waals surface area contributed by atoms with Crippen LogP contribution in [0.2, 0.25) is 0 Å². The van der Waals surface area contributed by atoms with Gasteiger partial charge in [-0.25, -0.2) is 0 Å². The predicted molar refractivity (Wildman–Crippen MR) is 55.8 cm³/mol. The van der Waals surface area contributed by atoms with E-state index in [-0.39, 0.29) is 6.61 Å². The fourth-order valence-electron chi connectivity index (χ4n) is 1.04. The average Bonchev–Trinajstić information content (AvgIpc) is 2.44. The second-order valence-corrected chi connectivity index (χ2v) is 4.00. The lowest BCUT2D eigenvalue weighted by Gasteiger charge is -2.07. The zero-order chi connectivity index (χ0) is 12.2. The van der Waals surface area contributed by atoms with E-state index in [1.807, 2.05) is 0 Å². The van der Waals surface area contributed by atoms with E-state index in [0.717, 1.165) is 0 Å². The number of nitrogens with zero attached hydrogens (tertiary/aromatic N) is 2. The number of hydrogen-bond donors (Lipinski definition) is 1. The van der Waals surface area contributed by atoms with Crippen molar-refractivity contribution in [1.82, 2.24) is 9.78 Å². The molecule has 4 nitrogen and oxygen atoms in total. The molecule has 0 bridgehead atoms. The van der Waals surface area contributed by atoms with E-state index < -0.39 is 12.8 Å². The van der Waals surface area contributed by atoms with Gasteiger partial charge in [-0.1, -0.05) is 0 Å². The van der Waals surface area contributed by atoms with Crippen molar-refractivity contribution in [2.45, 2.75) is 19.1 Å². The van der Waals surface area contributed by atoms with Gasteiger partial charge in [0, 0.05) is 19.3 Å².